The molecule has 3 unspecified atom stereocenters. The third-order valence-corrected chi connectivity index (χ3v) is 4.64. The molecule has 19 heavy (non-hydrogen) atoms. The van der Waals surface area contributed by atoms with Gasteiger partial charge in [0.25, 0.3) is 0 Å². The zero-order valence-electron chi connectivity index (χ0n) is 11.8. The van der Waals surface area contributed by atoms with Gasteiger partial charge in [-0.2, -0.15) is 0 Å². The number of halogens is 1. The largest absolute Gasteiger partial charge is 0.353 e. The number of unbranched alkanes of at least 4 members (excludes halogenated alkanes) is 2. The molecule has 106 valence electrons. The first-order valence-corrected chi connectivity index (χ1v) is 8.46. The van der Waals surface area contributed by atoms with Crippen LogP contribution in [0.4, 0.5) is 0 Å². The summed E-state index contributed by atoms with van der Waals surface area (Å²) in [5, 5.41) is 0. The number of alkyl halides is 1. The maximum Gasteiger partial charge on any atom is 0.155 e. The van der Waals surface area contributed by atoms with Crippen LogP contribution < -0.4 is 0 Å². The van der Waals surface area contributed by atoms with Gasteiger partial charge in [0.1, 0.15) is 0 Å². The van der Waals surface area contributed by atoms with Crippen LogP contribution in [0.1, 0.15) is 50.3 Å². The van der Waals surface area contributed by atoms with E-state index in [9.17, 15) is 0 Å². The van der Waals surface area contributed by atoms with Crippen LogP contribution in [0.3, 0.4) is 0 Å². The van der Waals surface area contributed by atoms with Crippen molar-refractivity contribution in [2.24, 2.45) is 0 Å². The smallest absolute Gasteiger partial charge is 0.155 e. The first-order chi connectivity index (χ1) is 9.22. The van der Waals surface area contributed by atoms with Gasteiger partial charge in [0.15, 0.2) is 6.29 Å². The van der Waals surface area contributed by atoms with E-state index in [0.29, 0.717) is 3.92 Å². The molecule has 1 aromatic rings. The Hall–Kier alpha value is -0.130. The number of fused-ring (bicyclic) bond motifs is 1. The molecule has 0 spiro atoms. The summed E-state index contributed by atoms with van der Waals surface area (Å²) in [5.74, 6) is 0. The molecule has 0 N–H and O–H groups in total. The Morgan fingerprint density at radius 2 is 2.11 bits per heavy atom. The summed E-state index contributed by atoms with van der Waals surface area (Å²) in [4.78, 5) is 0. The van der Waals surface area contributed by atoms with Gasteiger partial charge < -0.3 is 9.47 Å². The van der Waals surface area contributed by atoms with Crippen molar-refractivity contribution in [2.75, 3.05) is 6.61 Å². The fraction of sp³-hybridized carbons (Fsp3) is 0.625. The zero-order chi connectivity index (χ0) is 13.7. The second-order valence-corrected chi connectivity index (χ2v) is 6.72. The Balaban J connectivity index is 1.85. The van der Waals surface area contributed by atoms with E-state index in [4.69, 9.17) is 9.47 Å². The molecule has 0 aliphatic heterocycles. The standard InChI is InChI=1S/C16H23IO2/c1-3-4-7-10-18-12(2)19-16-14-9-6-5-8-13(14)11-15(16)17/h5-6,8-9,12,15-16H,3-4,7,10-11H2,1-2H3. The third kappa shape index (κ3) is 4.17. The van der Waals surface area contributed by atoms with Crippen LogP contribution in [0.5, 0.6) is 0 Å². The summed E-state index contributed by atoms with van der Waals surface area (Å²) in [6.07, 6.45) is 4.74. The molecule has 0 saturated carbocycles. The van der Waals surface area contributed by atoms with Gasteiger partial charge in [-0.25, -0.2) is 0 Å². The Morgan fingerprint density at radius 1 is 1.32 bits per heavy atom. The predicted octanol–water partition coefficient (Wildman–Crippen LogP) is 4.66. The topological polar surface area (TPSA) is 18.5 Å². The van der Waals surface area contributed by atoms with Crippen molar-refractivity contribution >= 4 is 22.6 Å². The van der Waals surface area contributed by atoms with Crippen molar-refractivity contribution in [3.63, 3.8) is 0 Å². The molecule has 2 rings (SSSR count). The lowest BCUT2D eigenvalue weighted by molar-refractivity contribution is -0.159. The van der Waals surface area contributed by atoms with Crippen molar-refractivity contribution in [3.8, 4) is 0 Å². The fourth-order valence-electron chi connectivity index (χ4n) is 2.52. The monoisotopic (exact) mass is 374 g/mol. The highest BCUT2D eigenvalue weighted by atomic mass is 127. The van der Waals surface area contributed by atoms with Crippen molar-refractivity contribution in [2.45, 2.75) is 55.8 Å². The zero-order valence-corrected chi connectivity index (χ0v) is 13.9. The summed E-state index contributed by atoms with van der Waals surface area (Å²) in [6, 6.07) is 8.59. The lowest BCUT2D eigenvalue weighted by Gasteiger charge is -2.22. The van der Waals surface area contributed by atoms with Crippen LogP contribution >= 0.6 is 22.6 Å². The minimum atomic E-state index is -0.120. The fourth-order valence-corrected chi connectivity index (χ4v) is 3.55. The molecule has 0 aromatic heterocycles. The van der Waals surface area contributed by atoms with Crippen LogP contribution in [-0.2, 0) is 15.9 Å². The molecule has 2 nitrogen and oxygen atoms in total. The summed E-state index contributed by atoms with van der Waals surface area (Å²) in [6.45, 7) is 5.02. The molecule has 0 saturated heterocycles. The average Bonchev–Trinajstić information content (AvgIpc) is 2.72. The Kier molecular flexibility index (Phi) is 6.10. The second kappa shape index (κ2) is 7.60. The normalized spacial score (nSPS) is 23.3. The number of ether oxygens (including phenoxy) is 2. The molecular weight excluding hydrogens is 351 g/mol. The van der Waals surface area contributed by atoms with Crippen molar-refractivity contribution in [3.05, 3.63) is 35.4 Å². The summed E-state index contributed by atoms with van der Waals surface area (Å²) < 4.78 is 12.4. The van der Waals surface area contributed by atoms with Gasteiger partial charge in [0, 0.05) is 10.5 Å². The van der Waals surface area contributed by atoms with E-state index in [2.05, 4.69) is 53.8 Å². The van der Waals surface area contributed by atoms with E-state index in [-0.39, 0.29) is 12.4 Å². The van der Waals surface area contributed by atoms with Gasteiger partial charge in [-0.15, -0.1) is 0 Å². The van der Waals surface area contributed by atoms with Gasteiger partial charge in [-0.3, -0.25) is 0 Å². The van der Waals surface area contributed by atoms with Crippen molar-refractivity contribution in [1.29, 1.82) is 0 Å². The molecule has 1 aliphatic rings. The molecule has 0 radical (unpaired) electrons. The van der Waals surface area contributed by atoms with Gasteiger partial charge in [0.05, 0.1) is 6.10 Å². The lowest BCUT2D eigenvalue weighted by Crippen LogP contribution is -2.20. The van der Waals surface area contributed by atoms with Crippen LogP contribution in [-0.4, -0.2) is 16.8 Å². The number of hydrogen-bond donors (Lipinski definition) is 0. The van der Waals surface area contributed by atoms with Crippen LogP contribution in [0.15, 0.2) is 24.3 Å². The summed E-state index contributed by atoms with van der Waals surface area (Å²) >= 11 is 2.49. The first kappa shape index (κ1) is 15.3. The van der Waals surface area contributed by atoms with Crippen LogP contribution in [0.25, 0.3) is 0 Å². The van der Waals surface area contributed by atoms with Gasteiger partial charge in [-0.1, -0.05) is 66.6 Å². The highest BCUT2D eigenvalue weighted by Gasteiger charge is 2.32. The lowest BCUT2D eigenvalue weighted by atomic mass is 10.1. The third-order valence-electron chi connectivity index (χ3n) is 3.54. The first-order valence-electron chi connectivity index (χ1n) is 7.21. The molecule has 1 aromatic carbocycles. The van der Waals surface area contributed by atoms with E-state index >= 15 is 0 Å². The summed E-state index contributed by atoms with van der Waals surface area (Å²) in [5.41, 5.74) is 2.76. The van der Waals surface area contributed by atoms with Gasteiger partial charge >= 0.3 is 0 Å². The van der Waals surface area contributed by atoms with E-state index in [1.807, 2.05) is 6.92 Å². The highest BCUT2D eigenvalue weighted by Crippen LogP contribution is 2.39. The highest BCUT2D eigenvalue weighted by molar-refractivity contribution is 14.1. The van der Waals surface area contributed by atoms with Crippen LogP contribution in [0, 0.1) is 0 Å². The Morgan fingerprint density at radius 3 is 2.89 bits per heavy atom. The number of hydrogen-bond acceptors (Lipinski definition) is 2. The van der Waals surface area contributed by atoms with E-state index in [0.717, 1.165) is 19.4 Å². The molecule has 1 aliphatic carbocycles. The minimum absolute atomic E-state index is 0.120. The van der Waals surface area contributed by atoms with Gasteiger partial charge in [-0.05, 0) is 30.9 Å². The van der Waals surface area contributed by atoms with Crippen LogP contribution in [0.2, 0.25) is 0 Å². The molecule has 0 heterocycles. The quantitative estimate of drug-likeness (QED) is 0.299. The Labute approximate surface area is 130 Å². The predicted molar refractivity (Wildman–Crippen MR) is 86.7 cm³/mol. The van der Waals surface area contributed by atoms with Crippen molar-refractivity contribution < 1.29 is 9.47 Å². The maximum absolute atomic E-state index is 6.10. The molecular formula is C16H23IO2. The number of benzene rings is 1. The van der Waals surface area contributed by atoms with Gasteiger partial charge in [0.2, 0.25) is 0 Å². The second-order valence-electron chi connectivity index (χ2n) is 5.12. The molecule has 0 bridgehead atoms. The average molecular weight is 374 g/mol. The van der Waals surface area contributed by atoms with E-state index in [1.165, 1.54) is 24.0 Å². The molecule has 0 amide bonds. The van der Waals surface area contributed by atoms with Crippen molar-refractivity contribution in [1.82, 2.24) is 0 Å². The minimum Gasteiger partial charge on any atom is -0.353 e. The van der Waals surface area contributed by atoms with E-state index < -0.39 is 0 Å². The maximum atomic E-state index is 6.10. The SMILES string of the molecule is CCCCCOC(C)OC1c2ccccc2CC1I. The number of rotatable bonds is 7. The Bertz CT molecular complexity index is 394. The summed E-state index contributed by atoms with van der Waals surface area (Å²) in [7, 11) is 0. The molecule has 0 fully saturated rings. The molecule has 3 heteroatoms. The molecule has 3 atom stereocenters. The van der Waals surface area contributed by atoms with E-state index in [1.54, 1.807) is 0 Å².